The standard InChI is InChI=1S/C15H14ClFO2/c1-9-7-10(4-6-13(9)17)15(18)11-3-5-12(16)14(8-11)19-2/h3-8,15,18H,1-2H3. The lowest BCUT2D eigenvalue weighted by molar-refractivity contribution is 0.219. The first-order chi connectivity index (χ1) is 9.02. The van der Waals surface area contributed by atoms with Crippen LogP contribution in [0.2, 0.25) is 5.02 Å². The van der Waals surface area contributed by atoms with E-state index in [1.165, 1.54) is 13.2 Å². The van der Waals surface area contributed by atoms with E-state index in [0.29, 0.717) is 27.5 Å². The fraction of sp³-hybridized carbons (Fsp3) is 0.200. The van der Waals surface area contributed by atoms with Gasteiger partial charge in [-0.3, -0.25) is 0 Å². The largest absolute Gasteiger partial charge is 0.495 e. The summed E-state index contributed by atoms with van der Waals surface area (Å²) in [5, 5.41) is 10.8. The van der Waals surface area contributed by atoms with Gasteiger partial charge in [0, 0.05) is 0 Å². The summed E-state index contributed by atoms with van der Waals surface area (Å²) in [6.07, 6.45) is -0.842. The lowest BCUT2D eigenvalue weighted by Crippen LogP contribution is -2.01. The van der Waals surface area contributed by atoms with Gasteiger partial charge in [0.05, 0.1) is 12.1 Å². The zero-order valence-corrected chi connectivity index (χ0v) is 11.4. The van der Waals surface area contributed by atoms with E-state index in [1.807, 2.05) is 0 Å². The van der Waals surface area contributed by atoms with E-state index in [-0.39, 0.29) is 5.82 Å². The Kier molecular flexibility index (Phi) is 4.08. The van der Waals surface area contributed by atoms with Crippen molar-refractivity contribution < 1.29 is 14.2 Å². The molecule has 4 heteroatoms. The van der Waals surface area contributed by atoms with Crippen molar-refractivity contribution in [2.45, 2.75) is 13.0 Å². The molecular weight excluding hydrogens is 267 g/mol. The van der Waals surface area contributed by atoms with Crippen molar-refractivity contribution >= 4 is 11.6 Å². The number of halogens is 2. The molecule has 0 aliphatic rings. The summed E-state index contributed by atoms with van der Waals surface area (Å²) in [4.78, 5) is 0. The Balaban J connectivity index is 2.37. The molecule has 2 aromatic rings. The predicted molar refractivity (Wildman–Crippen MR) is 73.2 cm³/mol. The average molecular weight is 281 g/mol. The van der Waals surface area contributed by atoms with Crippen LogP contribution in [0.1, 0.15) is 22.8 Å². The highest BCUT2D eigenvalue weighted by atomic mass is 35.5. The molecule has 0 radical (unpaired) electrons. The van der Waals surface area contributed by atoms with E-state index in [2.05, 4.69) is 0 Å². The molecule has 0 aromatic heterocycles. The first-order valence-electron chi connectivity index (χ1n) is 5.80. The summed E-state index contributed by atoms with van der Waals surface area (Å²) in [5.74, 6) is 0.210. The molecule has 0 saturated carbocycles. The van der Waals surface area contributed by atoms with Crippen LogP contribution in [0.15, 0.2) is 36.4 Å². The molecule has 2 rings (SSSR count). The molecular formula is C15H14ClFO2. The van der Waals surface area contributed by atoms with Crippen molar-refractivity contribution in [3.8, 4) is 5.75 Å². The molecule has 100 valence electrons. The van der Waals surface area contributed by atoms with Crippen LogP contribution in [0.4, 0.5) is 4.39 Å². The second kappa shape index (κ2) is 5.59. The Bertz CT molecular complexity index is 599. The summed E-state index contributed by atoms with van der Waals surface area (Å²) in [6.45, 7) is 1.66. The average Bonchev–Trinajstić information content (AvgIpc) is 2.41. The van der Waals surface area contributed by atoms with E-state index >= 15 is 0 Å². The third kappa shape index (κ3) is 2.88. The number of benzene rings is 2. The fourth-order valence-electron chi connectivity index (χ4n) is 1.88. The quantitative estimate of drug-likeness (QED) is 0.924. The van der Waals surface area contributed by atoms with Crippen molar-refractivity contribution in [3.05, 3.63) is 63.9 Å². The molecule has 0 amide bonds. The van der Waals surface area contributed by atoms with E-state index in [4.69, 9.17) is 16.3 Å². The fourth-order valence-corrected chi connectivity index (χ4v) is 2.07. The van der Waals surface area contributed by atoms with Crippen molar-refractivity contribution in [2.24, 2.45) is 0 Å². The number of aryl methyl sites for hydroxylation is 1. The van der Waals surface area contributed by atoms with Crippen LogP contribution in [0.3, 0.4) is 0 Å². The van der Waals surface area contributed by atoms with Gasteiger partial charge in [-0.2, -0.15) is 0 Å². The summed E-state index contributed by atoms with van der Waals surface area (Å²) in [6, 6.07) is 9.59. The number of aliphatic hydroxyl groups is 1. The van der Waals surface area contributed by atoms with Gasteiger partial charge in [-0.15, -0.1) is 0 Å². The minimum absolute atomic E-state index is 0.287. The third-order valence-electron chi connectivity index (χ3n) is 2.99. The zero-order valence-electron chi connectivity index (χ0n) is 10.7. The molecule has 19 heavy (non-hydrogen) atoms. The molecule has 0 fully saturated rings. The smallest absolute Gasteiger partial charge is 0.137 e. The molecule has 0 spiro atoms. The van der Waals surface area contributed by atoms with Crippen LogP contribution in [-0.2, 0) is 0 Å². The predicted octanol–water partition coefficient (Wildman–Crippen LogP) is 3.88. The molecule has 1 N–H and O–H groups in total. The molecule has 2 aromatic carbocycles. The Hall–Kier alpha value is -1.58. The number of hydrogen-bond donors (Lipinski definition) is 1. The highest BCUT2D eigenvalue weighted by Crippen LogP contribution is 2.30. The Labute approximate surface area is 116 Å². The van der Waals surface area contributed by atoms with Crippen LogP contribution in [-0.4, -0.2) is 12.2 Å². The molecule has 1 unspecified atom stereocenters. The van der Waals surface area contributed by atoms with Gasteiger partial charge in [0.25, 0.3) is 0 Å². The Morgan fingerprint density at radius 1 is 1.16 bits per heavy atom. The van der Waals surface area contributed by atoms with E-state index < -0.39 is 6.10 Å². The Morgan fingerprint density at radius 2 is 1.79 bits per heavy atom. The van der Waals surface area contributed by atoms with Crippen molar-refractivity contribution in [1.29, 1.82) is 0 Å². The Morgan fingerprint density at radius 3 is 2.42 bits per heavy atom. The van der Waals surface area contributed by atoms with Crippen molar-refractivity contribution in [2.75, 3.05) is 7.11 Å². The highest BCUT2D eigenvalue weighted by molar-refractivity contribution is 6.32. The van der Waals surface area contributed by atoms with Crippen LogP contribution in [0.25, 0.3) is 0 Å². The van der Waals surface area contributed by atoms with Gasteiger partial charge in [-0.05, 0) is 41.8 Å². The van der Waals surface area contributed by atoms with E-state index in [9.17, 15) is 9.50 Å². The first-order valence-corrected chi connectivity index (χ1v) is 6.18. The second-order valence-corrected chi connectivity index (χ2v) is 4.71. The van der Waals surface area contributed by atoms with Gasteiger partial charge < -0.3 is 9.84 Å². The lowest BCUT2D eigenvalue weighted by atomic mass is 9.99. The normalized spacial score (nSPS) is 12.3. The SMILES string of the molecule is COc1cc(C(O)c2ccc(F)c(C)c2)ccc1Cl. The summed E-state index contributed by atoms with van der Waals surface area (Å²) >= 11 is 5.94. The molecule has 0 aliphatic heterocycles. The monoisotopic (exact) mass is 280 g/mol. The zero-order chi connectivity index (χ0) is 14.0. The maximum absolute atomic E-state index is 13.2. The first kappa shape index (κ1) is 13.8. The molecule has 0 saturated heterocycles. The lowest BCUT2D eigenvalue weighted by Gasteiger charge is -2.14. The van der Waals surface area contributed by atoms with E-state index in [1.54, 1.807) is 37.3 Å². The summed E-state index contributed by atoms with van der Waals surface area (Å²) < 4.78 is 18.3. The maximum atomic E-state index is 13.2. The maximum Gasteiger partial charge on any atom is 0.137 e. The van der Waals surface area contributed by atoms with Crippen LogP contribution in [0.5, 0.6) is 5.75 Å². The summed E-state index contributed by atoms with van der Waals surface area (Å²) in [7, 11) is 1.51. The highest BCUT2D eigenvalue weighted by Gasteiger charge is 2.13. The number of ether oxygens (including phenoxy) is 1. The van der Waals surface area contributed by atoms with Crippen molar-refractivity contribution in [1.82, 2.24) is 0 Å². The molecule has 2 nitrogen and oxygen atoms in total. The second-order valence-electron chi connectivity index (χ2n) is 4.31. The van der Waals surface area contributed by atoms with Crippen LogP contribution < -0.4 is 4.74 Å². The van der Waals surface area contributed by atoms with Gasteiger partial charge in [-0.25, -0.2) is 4.39 Å². The number of methoxy groups -OCH3 is 1. The van der Waals surface area contributed by atoms with Crippen LogP contribution >= 0.6 is 11.6 Å². The van der Waals surface area contributed by atoms with Gasteiger partial charge in [-0.1, -0.05) is 29.8 Å². The number of aliphatic hydroxyl groups excluding tert-OH is 1. The number of hydrogen-bond acceptors (Lipinski definition) is 2. The third-order valence-corrected chi connectivity index (χ3v) is 3.30. The molecule has 0 bridgehead atoms. The van der Waals surface area contributed by atoms with Gasteiger partial charge in [0.2, 0.25) is 0 Å². The minimum atomic E-state index is -0.842. The molecule has 1 atom stereocenters. The topological polar surface area (TPSA) is 29.5 Å². The number of rotatable bonds is 3. The van der Waals surface area contributed by atoms with Crippen molar-refractivity contribution in [3.63, 3.8) is 0 Å². The molecule has 0 aliphatic carbocycles. The van der Waals surface area contributed by atoms with Gasteiger partial charge >= 0.3 is 0 Å². The minimum Gasteiger partial charge on any atom is -0.495 e. The summed E-state index contributed by atoms with van der Waals surface area (Å²) in [5.41, 5.74) is 1.77. The van der Waals surface area contributed by atoms with E-state index in [0.717, 1.165) is 0 Å². The molecule has 0 heterocycles. The van der Waals surface area contributed by atoms with Gasteiger partial charge in [0.1, 0.15) is 17.7 Å². The van der Waals surface area contributed by atoms with Crippen LogP contribution in [0, 0.1) is 12.7 Å². The van der Waals surface area contributed by atoms with Gasteiger partial charge in [0.15, 0.2) is 0 Å².